The van der Waals surface area contributed by atoms with Gasteiger partial charge in [-0.25, -0.2) is 0 Å². The van der Waals surface area contributed by atoms with E-state index in [0.717, 1.165) is 28.3 Å². The number of carbonyl (C=O) groups is 1. The lowest BCUT2D eigenvalue weighted by Crippen LogP contribution is -2.35. The van der Waals surface area contributed by atoms with Crippen LogP contribution in [0.15, 0.2) is 48.7 Å². The van der Waals surface area contributed by atoms with E-state index in [1.54, 1.807) is 6.20 Å². The van der Waals surface area contributed by atoms with Crippen LogP contribution in [-0.2, 0) is 9.53 Å². The Morgan fingerprint density at radius 2 is 1.94 bits per heavy atom. The van der Waals surface area contributed by atoms with Crippen molar-refractivity contribution in [1.29, 1.82) is 0 Å². The molecule has 33 heavy (non-hydrogen) atoms. The molecule has 0 bridgehead atoms. The maximum Gasteiger partial charge on any atom is 0.325 e. The van der Waals surface area contributed by atoms with Gasteiger partial charge in [0.1, 0.15) is 6.54 Å². The van der Waals surface area contributed by atoms with Crippen LogP contribution in [0.25, 0.3) is 5.69 Å². The molecule has 1 aliphatic heterocycles. The van der Waals surface area contributed by atoms with Gasteiger partial charge in [0.25, 0.3) is 0 Å². The summed E-state index contributed by atoms with van der Waals surface area (Å²) < 4.78 is 7.53. The highest BCUT2D eigenvalue weighted by Gasteiger charge is 2.42. The van der Waals surface area contributed by atoms with Crippen LogP contribution in [-0.4, -0.2) is 38.7 Å². The third-order valence-corrected chi connectivity index (χ3v) is 6.55. The standard InChI is InChI=1S/C26H30N4O2S/c1-6-32-23(31)15-29-25(24(28-26(29)33)21-9-7-8-12-27-21)20-14-18(4)30(19(20)5)22-13-16(2)10-11-17(22)3/h7-14,24-25H,6,15H2,1-5H3,(H,28,33)/t24-,25-/m0/s1. The van der Waals surface area contributed by atoms with E-state index < -0.39 is 0 Å². The topological polar surface area (TPSA) is 59.4 Å². The molecule has 1 N–H and O–H groups in total. The first-order chi connectivity index (χ1) is 15.8. The average molecular weight is 463 g/mol. The van der Waals surface area contributed by atoms with E-state index in [-0.39, 0.29) is 24.6 Å². The molecule has 1 fully saturated rings. The lowest BCUT2D eigenvalue weighted by molar-refractivity contribution is -0.143. The lowest BCUT2D eigenvalue weighted by atomic mass is 9.96. The Morgan fingerprint density at radius 3 is 2.64 bits per heavy atom. The molecular weight excluding hydrogens is 432 g/mol. The Hall–Kier alpha value is -3.19. The Labute approximate surface area is 200 Å². The van der Waals surface area contributed by atoms with Crippen LogP contribution in [0.3, 0.4) is 0 Å². The summed E-state index contributed by atoms with van der Waals surface area (Å²) in [5.74, 6) is -0.295. The zero-order chi connectivity index (χ0) is 23.7. The monoisotopic (exact) mass is 462 g/mol. The number of aryl methyl sites for hydroxylation is 3. The zero-order valence-corrected chi connectivity index (χ0v) is 20.6. The minimum absolute atomic E-state index is 0.0841. The normalized spacial score (nSPS) is 17.8. The maximum absolute atomic E-state index is 12.5. The third-order valence-electron chi connectivity index (χ3n) is 6.20. The van der Waals surface area contributed by atoms with Gasteiger partial charge in [0.15, 0.2) is 5.11 Å². The number of ether oxygens (including phenoxy) is 1. The van der Waals surface area contributed by atoms with Crippen molar-refractivity contribution in [3.63, 3.8) is 0 Å². The number of benzene rings is 1. The molecule has 3 heterocycles. The van der Waals surface area contributed by atoms with Gasteiger partial charge in [-0.2, -0.15) is 0 Å². The first-order valence-electron chi connectivity index (χ1n) is 11.2. The highest BCUT2D eigenvalue weighted by atomic mass is 32.1. The van der Waals surface area contributed by atoms with Crippen molar-refractivity contribution >= 4 is 23.3 Å². The third kappa shape index (κ3) is 4.37. The van der Waals surface area contributed by atoms with E-state index in [1.807, 2.05) is 30.0 Å². The first kappa shape index (κ1) is 23.0. The zero-order valence-electron chi connectivity index (χ0n) is 19.8. The number of carbonyl (C=O) groups excluding carboxylic acids is 1. The Morgan fingerprint density at radius 1 is 1.15 bits per heavy atom. The number of pyridine rings is 1. The van der Waals surface area contributed by atoms with E-state index in [0.29, 0.717) is 11.7 Å². The molecule has 2 atom stereocenters. The smallest absolute Gasteiger partial charge is 0.325 e. The van der Waals surface area contributed by atoms with E-state index in [1.165, 1.54) is 11.1 Å². The van der Waals surface area contributed by atoms with Gasteiger partial charge in [0, 0.05) is 23.3 Å². The predicted molar refractivity (Wildman–Crippen MR) is 134 cm³/mol. The minimum Gasteiger partial charge on any atom is -0.465 e. The Bertz CT molecular complexity index is 1190. The van der Waals surface area contributed by atoms with Gasteiger partial charge in [-0.05, 0) is 87.8 Å². The fourth-order valence-electron chi connectivity index (χ4n) is 4.68. The molecule has 1 saturated heterocycles. The molecule has 1 aromatic carbocycles. The summed E-state index contributed by atoms with van der Waals surface area (Å²) in [6.07, 6.45) is 1.78. The average Bonchev–Trinajstić information content (AvgIpc) is 3.26. The quantitative estimate of drug-likeness (QED) is 0.425. The van der Waals surface area contributed by atoms with Gasteiger partial charge in [-0.15, -0.1) is 0 Å². The van der Waals surface area contributed by atoms with Crippen LogP contribution in [0.4, 0.5) is 0 Å². The number of esters is 1. The summed E-state index contributed by atoms with van der Waals surface area (Å²) in [6, 6.07) is 14.2. The lowest BCUT2D eigenvalue weighted by Gasteiger charge is -2.27. The molecular formula is C26H30N4O2S. The molecule has 0 saturated carbocycles. The minimum atomic E-state index is -0.295. The fraction of sp³-hybridized carbons (Fsp3) is 0.346. The van der Waals surface area contributed by atoms with Crippen LogP contribution in [0.5, 0.6) is 0 Å². The van der Waals surface area contributed by atoms with Gasteiger partial charge < -0.3 is 19.5 Å². The van der Waals surface area contributed by atoms with Crippen LogP contribution in [0, 0.1) is 27.7 Å². The van der Waals surface area contributed by atoms with Crippen LogP contribution in [0.1, 0.15) is 52.8 Å². The largest absolute Gasteiger partial charge is 0.465 e. The number of nitrogens with one attached hydrogen (secondary N) is 1. The fourth-order valence-corrected chi connectivity index (χ4v) is 4.98. The summed E-state index contributed by atoms with van der Waals surface area (Å²) in [5, 5.41) is 3.94. The second-order valence-corrected chi connectivity index (χ2v) is 8.90. The molecule has 4 rings (SSSR count). The molecule has 1 aliphatic rings. The van der Waals surface area contributed by atoms with E-state index in [4.69, 9.17) is 17.0 Å². The van der Waals surface area contributed by atoms with Crippen LogP contribution < -0.4 is 5.32 Å². The second-order valence-electron chi connectivity index (χ2n) is 8.51. The number of hydrogen-bond donors (Lipinski definition) is 1. The molecule has 7 heteroatoms. The number of thiocarbonyl (C=S) groups is 1. The SMILES string of the molecule is CCOC(=O)CN1C(=S)N[C@@H](c2ccccn2)[C@@H]1c1cc(C)n(-c2cc(C)ccc2C)c1C. The van der Waals surface area contributed by atoms with Crippen molar-refractivity contribution in [2.45, 2.75) is 46.7 Å². The summed E-state index contributed by atoms with van der Waals surface area (Å²) in [5.41, 5.74) is 7.82. The molecule has 0 amide bonds. The molecule has 0 unspecified atom stereocenters. The molecule has 2 aromatic heterocycles. The Balaban J connectivity index is 1.84. The highest BCUT2D eigenvalue weighted by Crippen LogP contribution is 2.41. The van der Waals surface area contributed by atoms with Gasteiger partial charge in [-0.1, -0.05) is 18.2 Å². The van der Waals surface area contributed by atoms with Crippen LogP contribution in [0.2, 0.25) is 0 Å². The second kappa shape index (κ2) is 9.35. The molecule has 0 radical (unpaired) electrons. The van der Waals surface area contributed by atoms with Crippen LogP contribution >= 0.6 is 12.2 Å². The molecule has 172 valence electrons. The van der Waals surface area contributed by atoms with E-state index >= 15 is 0 Å². The molecule has 3 aromatic rings. The predicted octanol–water partition coefficient (Wildman–Crippen LogP) is 4.64. The maximum atomic E-state index is 12.5. The van der Waals surface area contributed by atoms with Crippen molar-refractivity contribution in [2.75, 3.05) is 13.2 Å². The summed E-state index contributed by atoms with van der Waals surface area (Å²) in [7, 11) is 0. The van der Waals surface area contributed by atoms with Gasteiger partial charge >= 0.3 is 5.97 Å². The number of rotatable bonds is 6. The number of aromatic nitrogens is 2. The van der Waals surface area contributed by atoms with E-state index in [9.17, 15) is 4.79 Å². The molecule has 0 spiro atoms. The van der Waals surface area contributed by atoms with Crippen molar-refractivity contribution in [3.05, 3.63) is 82.4 Å². The van der Waals surface area contributed by atoms with Crippen molar-refractivity contribution in [1.82, 2.24) is 19.8 Å². The number of nitrogens with zero attached hydrogens (tertiary/aromatic N) is 3. The van der Waals surface area contributed by atoms with Crippen molar-refractivity contribution in [3.8, 4) is 5.69 Å². The van der Waals surface area contributed by atoms with Crippen molar-refractivity contribution < 1.29 is 9.53 Å². The van der Waals surface area contributed by atoms with E-state index in [2.05, 4.69) is 66.8 Å². The molecule has 0 aliphatic carbocycles. The summed E-state index contributed by atoms with van der Waals surface area (Å²) >= 11 is 5.68. The Kier molecular flexibility index (Phi) is 6.51. The van der Waals surface area contributed by atoms with Gasteiger partial charge in [0.2, 0.25) is 0 Å². The van der Waals surface area contributed by atoms with Gasteiger partial charge in [-0.3, -0.25) is 9.78 Å². The molecule has 6 nitrogen and oxygen atoms in total. The number of hydrogen-bond acceptors (Lipinski definition) is 4. The van der Waals surface area contributed by atoms with Crippen molar-refractivity contribution in [2.24, 2.45) is 0 Å². The summed E-state index contributed by atoms with van der Waals surface area (Å²) in [6.45, 7) is 10.7. The summed E-state index contributed by atoms with van der Waals surface area (Å²) in [4.78, 5) is 19.0. The highest BCUT2D eigenvalue weighted by molar-refractivity contribution is 7.80. The van der Waals surface area contributed by atoms with Gasteiger partial charge in [0.05, 0.1) is 24.4 Å². The first-order valence-corrected chi connectivity index (χ1v) is 11.6.